The van der Waals surface area contributed by atoms with E-state index >= 15 is 0 Å². The van der Waals surface area contributed by atoms with E-state index < -0.39 is 0 Å². The number of piperazine rings is 1. The van der Waals surface area contributed by atoms with Crippen molar-refractivity contribution in [3.05, 3.63) is 11.6 Å². The van der Waals surface area contributed by atoms with E-state index in [1.165, 1.54) is 7.11 Å². The van der Waals surface area contributed by atoms with Gasteiger partial charge in [0.15, 0.2) is 5.13 Å². The zero-order chi connectivity index (χ0) is 13.0. The lowest BCUT2D eigenvalue weighted by Gasteiger charge is -2.35. The van der Waals surface area contributed by atoms with Gasteiger partial charge in [0.05, 0.1) is 13.0 Å². The second-order valence-electron chi connectivity index (χ2n) is 4.53. The lowest BCUT2D eigenvalue weighted by Crippen LogP contribution is -2.48. The molecule has 2 heterocycles. The molecule has 0 saturated carbocycles. The van der Waals surface area contributed by atoms with Gasteiger partial charge in [-0.2, -0.15) is 0 Å². The van der Waals surface area contributed by atoms with Gasteiger partial charge in [0, 0.05) is 44.3 Å². The standard InChI is InChI=1S/C12H19N3O2S/c1-10(11(16)17-2)9-14-4-6-15(7-5-14)12-13-3-8-18-12/h3,8,10H,4-7,9H2,1-2H3. The van der Waals surface area contributed by atoms with Crippen molar-refractivity contribution in [1.82, 2.24) is 9.88 Å². The fourth-order valence-corrected chi connectivity index (χ4v) is 2.85. The van der Waals surface area contributed by atoms with Crippen molar-refractivity contribution < 1.29 is 9.53 Å². The Bertz CT molecular complexity index is 375. The van der Waals surface area contributed by atoms with Gasteiger partial charge in [-0.25, -0.2) is 4.98 Å². The molecule has 1 aromatic rings. The zero-order valence-electron chi connectivity index (χ0n) is 10.8. The van der Waals surface area contributed by atoms with E-state index in [-0.39, 0.29) is 11.9 Å². The summed E-state index contributed by atoms with van der Waals surface area (Å²) in [5.41, 5.74) is 0. The second-order valence-corrected chi connectivity index (χ2v) is 5.40. The lowest BCUT2D eigenvalue weighted by molar-refractivity contribution is -0.145. The summed E-state index contributed by atoms with van der Waals surface area (Å²) in [6.45, 7) is 6.59. The topological polar surface area (TPSA) is 45.7 Å². The van der Waals surface area contributed by atoms with Crippen LogP contribution in [0.3, 0.4) is 0 Å². The van der Waals surface area contributed by atoms with Gasteiger partial charge in [-0.1, -0.05) is 6.92 Å². The maximum absolute atomic E-state index is 11.4. The summed E-state index contributed by atoms with van der Waals surface area (Å²) in [7, 11) is 1.44. The van der Waals surface area contributed by atoms with Crippen molar-refractivity contribution in [2.24, 2.45) is 5.92 Å². The Morgan fingerprint density at radius 1 is 1.50 bits per heavy atom. The molecule has 5 nitrogen and oxygen atoms in total. The molecule has 0 amide bonds. The van der Waals surface area contributed by atoms with Crippen LogP contribution in [0.1, 0.15) is 6.92 Å². The third-order valence-corrected chi connectivity index (χ3v) is 4.03. The molecule has 1 aromatic heterocycles. The van der Waals surface area contributed by atoms with Crippen molar-refractivity contribution >= 4 is 22.4 Å². The fourth-order valence-electron chi connectivity index (χ4n) is 2.16. The monoisotopic (exact) mass is 269 g/mol. The summed E-state index contributed by atoms with van der Waals surface area (Å²) in [6, 6.07) is 0. The number of carbonyl (C=O) groups is 1. The first kappa shape index (κ1) is 13.3. The molecule has 1 aliphatic heterocycles. The zero-order valence-corrected chi connectivity index (χ0v) is 11.7. The SMILES string of the molecule is COC(=O)C(C)CN1CCN(c2nccs2)CC1. The van der Waals surface area contributed by atoms with Crippen LogP contribution in [0.5, 0.6) is 0 Å². The molecular weight excluding hydrogens is 250 g/mol. The van der Waals surface area contributed by atoms with Crippen LogP contribution in [0.4, 0.5) is 5.13 Å². The first-order chi connectivity index (χ1) is 8.70. The van der Waals surface area contributed by atoms with E-state index in [4.69, 9.17) is 4.74 Å². The minimum atomic E-state index is -0.127. The van der Waals surface area contributed by atoms with Crippen LogP contribution < -0.4 is 4.90 Å². The summed E-state index contributed by atoms with van der Waals surface area (Å²) in [6.07, 6.45) is 1.84. The van der Waals surface area contributed by atoms with Gasteiger partial charge in [-0.3, -0.25) is 9.69 Å². The number of thiazole rings is 1. The van der Waals surface area contributed by atoms with Crippen LogP contribution >= 0.6 is 11.3 Å². The highest BCUT2D eigenvalue weighted by Crippen LogP contribution is 2.19. The highest BCUT2D eigenvalue weighted by molar-refractivity contribution is 7.13. The number of carbonyl (C=O) groups excluding carboxylic acids is 1. The average Bonchev–Trinajstić information content (AvgIpc) is 2.92. The Morgan fingerprint density at radius 3 is 2.78 bits per heavy atom. The molecule has 0 spiro atoms. The van der Waals surface area contributed by atoms with E-state index in [2.05, 4.69) is 14.8 Å². The van der Waals surface area contributed by atoms with Crippen molar-refractivity contribution in [3.8, 4) is 0 Å². The van der Waals surface area contributed by atoms with E-state index in [0.29, 0.717) is 0 Å². The van der Waals surface area contributed by atoms with Crippen molar-refractivity contribution in [2.75, 3.05) is 44.7 Å². The molecular formula is C12H19N3O2S. The largest absolute Gasteiger partial charge is 0.469 e. The molecule has 1 unspecified atom stereocenters. The van der Waals surface area contributed by atoms with Gasteiger partial charge in [0.25, 0.3) is 0 Å². The van der Waals surface area contributed by atoms with Crippen LogP contribution in [0.25, 0.3) is 0 Å². The molecule has 1 atom stereocenters. The smallest absolute Gasteiger partial charge is 0.309 e. The van der Waals surface area contributed by atoms with Crippen LogP contribution in [-0.4, -0.2) is 55.7 Å². The predicted octanol–water partition coefficient (Wildman–Crippen LogP) is 1.07. The Morgan fingerprint density at radius 2 is 2.22 bits per heavy atom. The number of hydrogen-bond donors (Lipinski definition) is 0. The normalized spacial score (nSPS) is 18.7. The van der Waals surface area contributed by atoms with Crippen molar-refractivity contribution in [2.45, 2.75) is 6.92 Å². The molecule has 0 aliphatic carbocycles. The van der Waals surface area contributed by atoms with Crippen LogP contribution in [0, 0.1) is 5.92 Å². The predicted molar refractivity (Wildman–Crippen MR) is 71.9 cm³/mol. The molecule has 0 radical (unpaired) electrons. The lowest BCUT2D eigenvalue weighted by atomic mass is 10.1. The van der Waals surface area contributed by atoms with Gasteiger partial charge in [0.1, 0.15) is 0 Å². The minimum absolute atomic E-state index is 0.0542. The number of anilines is 1. The Balaban J connectivity index is 1.78. The van der Waals surface area contributed by atoms with Gasteiger partial charge >= 0.3 is 5.97 Å². The fraction of sp³-hybridized carbons (Fsp3) is 0.667. The maximum Gasteiger partial charge on any atom is 0.309 e. The van der Waals surface area contributed by atoms with E-state index in [9.17, 15) is 4.79 Å². The second kappa shape index (κ2) is 6.15. The third kappa shape index (κ3) is 3.20. The van der Waals surface area contributed by atoms with Gasteiger partial charge in [-0.15, -0.1) is 11.3 Å². The number of aromatic nitrogens is 1. The summed E-state index contributed by atoms with van der Waals surface area (Å²) in [5, 5.41) is 3.09. The average molecular weight is 269 g/mol. The number of methoxy groups -OCH3 is 1. The number of ether oxygens (including phenoxy) is 1. The summed E-state index contributed by atoms with van der Waals surface area (Å²) in [5.74, 6) is -0.182. The van der Waals surface area contributed by atoms with E-state index in [1.807, 2.05) is 18.5 Å². The first-order valence-corrected chi connectivity index (χ1v) is 7.03. The number of nitrogens with zero attached hydrogens (tertiary/aromatic N) is 3. The van der Waals surface area contributed by atoms with Gasteiger partial charge < -0.3 is 9.64 Å². The molecule has 1 aliphatic rings. The Kier molecular flexibility index (Phi) is 4.54. The number of hydrogen-bond acceptors (Lipinski definition) is 6. The molecule has 100 valence electrons. The highest BCUT2D eigenvalue weighted by Gasteiger charge is 2.22. The van der Waals surface area contributed by atoms with E-state index in [1.54, 1.807) is 11.3 Å². The van der Waals surface area contributed by atoms with Crippen LogP contribution in [-0.2, 0) is 9.53 Å². The molecule has 0 N–H and O–H groups in total. The summed E-state index contributed by atoms with van der Waals surface area (Å²) >= 11 is 1.68. The van der Waals surface area contributed by atoms with Gasteiger partial charge in [0.2, 0.25) is 0 Å². The molecule has 0 bridgehead atoms. The minimum Gasteiger partial charge on any atom is -0.469 e. The summed E-state index contributed by atoms with van der Waals surface area (Å²) in [4.78, 5) is 20.3. The van der Waals surface area contributed by atoms with Crippen LogP contribution in [0.15, 0.2) is 11.6 Å². The molecule has 2 rings (SSSR count). The number of esters is 1. The van der Waals surface area contributed by atoms with E-state index in [0.717, 1.165) is 37.9 Å². The van der Waals surface area contributed by atoms with Crippen LogP contribution in [0.2, 0.25) is 0 Å². The Labute approximate surface area is 111 Å². The molecule has 6 heteroatoms. The maximum atomic E-state index is 11.4. The molecule has 18 heavy (non-hydrogen) atoms. The molecule has 1 fully saturated rings. The van der Waals surface area contributed by atoms with Crippen molar-refractivity contribution in [1.29, 1.82) is 0 Å². The molecule has 0 aromatic carbocycles. The van der Waals surface area contributed by atoms with Gasteiger partial charge in [-0.05, 0) is 0 Å². The third-order valence-electron chi connectivity index (χ3n) is 3.20. The van der Waals surface area contributed by atoms with Crippen molar-refractivity contribution in [3.63, 3.8) is 0 Å². The quantitative estimate of drug-likeness (QED) is 0.765. The highest BCUT2D eigenvalue weighted by atomic mass is 32.1. The molecule has 1 saturated heterocycles. The first-order valence-electron chi connectivity index (χ1n) is 6.15. The number of rotatable bonds is 4. The summed E-state index contributed by atoms with van der Waals surface area (Å²) < 4.78 is 4.75. The Hall–Kier alpha value is -1.14.